The number of amides is 1. The van der Waals surface area contributed by atoms with Crippen LogP contribution in [0.2, 0.25) is 0 Å². The van der Waals surface area contributed by atoms with E-state index in [2.05, 4.69) is 9.62 Å². The molecule has 1 saturated heterocycles. The number of benzene rings is 1. The van der Waals surface area contributed by atoms with E-state index in [1.54, 1.807) is 18.2 Å². The first-order chi connectivity index (χ1) is 12.9. The number of rotatable bonds is 7. The molecule has 2 fully saturated rings. The molecule has 0 unspecified atom stereocenters. The van der Waals surface area contributed by atoms with E-state index in [0.717, 1.165) is 38.6 Å². The highest BCUT2D eigenvalue weighted by molar-refractivity contribution is 7.89. The number of methoxy groups -OCH3 is 1. The maximum Gasteiger partial charge on any atom is 0.246 e. The van der Waals surface area contributed by atoms with Gasteiger partial charge in [-0.2, -0.15) is 0 Å². The summed E-state index contributed by atoms with van der Waals surface area (Å²) in [6, 6.07) is 4.82. The van der Waals surface area contributed by atoms with Crippen molar-refractivity contribution in [2.75, 3.05) is 46.9 Å². The highest BCUT2D eigenvalue weighted by atomic mass is 32.2. The maximum absolute atomic E-state index is 12.4. The summed E-state index contributed by atoms with van der Waals surface area (Å²) in [6.45, 7) is 4.47. The number of sulfonamides is 1. The van der Waals surface area contributed by atoms with Crippen LogP contribution in [0, 0.1) is 5.92 Å². The molecule has 1 aromatic carbocycles. The minimum absolute atomic E-state index is 0.0464. The minimum atomic E-state index is -3.64. The summed E-state index contributed by atoms with van der Waals surface area (Å²) in [7, 11) is -0.870. The molecule has 0 spiro atoms. The van der Waals surface area contributed by atoms with Crippen LogP contribution >= 0.6 is 0 Å². The molecule has 7 nitrogen and oxygen atoms in total. The van der Waals surface area contributed by atoms with Crippen LogP contribution in [0.4, 0.5) is 0 Å². The molecular formula is C19H27N3O4S. The van der Waals surface area contributed by atoms with E-state index in [4.69, 9.17) is 4.74 Å². The first-order valence-corrected chi connectivity index (χ1v) is 10.7. The normalized spacial score (nSPS) is 18.8. The fourth-order valence-corrected chi connectivity index (χ4v) is 4.13. The van der Waals surface area contributed by atoms with Gasteiger partial charge < -0.3 is 9.64 Å². The molecular weight excluding hydrogens is 366 g/mol. The average Bonchev–Trinajstić information content (AvgIpc) is 3.50. The molecule has 148 valence electrons. The summed E-state index contributed by atoms with van der Waals surface area (Å²) in [5, 5.41) is 0. The Morgan fingerprint density at radius 3 is 2.56 bits per heavy atom. The van der Waals surface area contributed by atoms with Gasteiger partial charge in [-0.3, -0.25) is 9.69 Å². The lowest BCUT2D eigenvalue weighted by molar-refractivity contribution is -0.127. The van der Waals surface area contributed by atoms with Crippen molar-refractivity contribution in [3.63, 3.8) is 0 Å². The van der Waals surface area contributed by atoms with Crippen LogP contribution in [-0.4, -0.2) is 71.0 Å². The van der Waals surface area contributed by atoms with Crippen molar-refractivity contribution in [2.45, 2.75) is 17.7 Å². The Labute approximate surface area is 161 Å². The van der Waals surface area contributed by atoms with Gasteiger partial charge in [0.1, 0.15) is 10.6 Å². The van der Waals surface area contributed by atoms with Crippen molar-refractivity contribution >= 4 is 22.0 Å². The Balaban J connectivity index is 1.63. The largest absolute Gasteiger partial charge is 0.495 e. The van der Waals surface area contributed by atoms with Crippen molar-refractivity contribution in [1.82, 2.24) is 14.5 Å². The highest BCUT2D eigenvalue weighted by Gasteiger charge is 2.27. The van der Waals surface area contributed by atoms with Gasteiger partial charge in [-0.05, 0) is 49.6 Å². The molecule has 0 bridgehead atoms. The lowest BCUT2D eigenvalue weighted by Crippen LogP contribution is -2.48. The predicted molar refractivity (Wildman–Crippen MR) is 104 cm³/mol. The smallest absolute Gasteiger partial charge is 0.246 e. The molecule has 1 saturated carbocycles. The highest BCUT2D eigenvalue weighted by Crippen LogP contribution is 2.30. The van der Waals surface area contributed by atoms with Crippen molar-refractivity contribution < 1.29 is 17.9 Å². The van der Waals surface area contributed by atoms with E-state index >= 15 is 0 Å². The van der Waals surface area contributed by atoms with Crippen LogP contribution < -0.4 is 9.46 Å². The molecule has 1 aliphatic carbocycles. The van der Waals surface area contributed by atoms with E-state index in [0.29, 0.717) is 5.56 Å². The average molecular weight is 394 g/mol. The van der Waals surface area contributed by atoms with E-state index in [1.165, 1.54) is 39.1 Å². The van der Waals surface area contributed by atoms with Gasteiger partial charge in [0.05, 0.1) is 7.11 Å². The summed E-state index contributed by atoms with van der Waals surface area (Å²) in [6.07, 6.45) is 5.84. The van der Waals surface area contributed by atoms with Gasteiger partial charge in [-0.1, -0.05) is 6.07 Å². The van der Waals surface area contributed by atoms with Gasteiger partial charge in [-0.15, -0.1) is 0 Å². The molecule has 1 N–H and O–H groups in total. The summed E-state index contributed by atoms with van der Waals surface area (Å²) in [5.74, 6) is 1.08. The van der Waals surface area contributed by atoms with Crippen molar-refractivity contribution in [3.8, 4) is 5.75 Å². The van der Waals surface area contributed by atoms with Crippen LogP contribution in [0.3, 0.4) is 0 Å². The molecule has 1 aliphatic heterocycles. The molecule has 8 heteroatoms. The monoisotopic (exact) mass is 393 g/mol. The third kappa shape index (κ3) is 5.09. The Morgan fingerprint density at radius 2 is 1.96 bits per heavy atom. The first-order valence-electron chi connectivity index (χ1n) is 9.24. The fraction of sp³-hybridized carbons (Fsp3) is 0.526. The van der Waals surface area contributed by atoms with Crippen molar-refractivity contribution in [3.05, 3.63) is 29.8 Å². The molecule has 1 heterocycles. The molecule has 1 aromatic rings. The van der Waals surface area contributed by atoms with Gasteiger partial charge in [0, 0.05) is 38.8 Å². The number of ether oxygens (including phenoxy) is 1. The maximum atomic E-state index is 12.4. The quantitative estimate of drug-likeness (QED) is 0.704. The molecule has 0 radical (unpaired) electrons. The SMILES string of the molecule is CNS(=O)(=O)c1cc(/C=C/C(=O)N2CCN(CC3CC3)CC2)ccc1OC. The van der Waals surface area contributed by atoms with E-state index in [1.807, 2.05) is 4.90 Å². The van der Waals surface area contributed by atoms with Gasteiger partial charge in [-0.25, -0.2) is 13.1 Å². The number of nitrogens with zero attached hydrogens (tertiary/aromatic N) is 2. The second-order valence-corrected chi connectivity index (χ2v) is 8.88. The van der Waals surface area contributed by atoms with Crippen LogP contribution in [0.25, 0.3) is 6.08 Å². The Bertz CT molecular complexity index is 810. The number of carbonyl (C=O) groups is 1. The van der Waals surface area contributed by atoms with Crippen molar-refractivity contribution in [1.29, 1.82) is 0 Å². The molecule has 0 aromatic heterocycles. The molecule has 2 aliphatic rings. The van der Waals surface area contributed by atoms with Gasteiger partial charge in [0.2, 0.25) is 15.9 Å². The lowest BCUT2D eigenvalue weighted by atomic mass is 10.2. The number of hydrogen-bond donors (Lipinski definition) is 1. The number of nitrogens with one attached hydrogen (secondary N) is 1. The lowest BCUT2D eigenvalue weighted by Gasteiger charge is -2.34. The van der Waals surface area contributed by atoms with Crippen molar-refractivity contribution in [2.24, 2.45) is 5.92 Å². The second-order valence-electron chi connectivity index (χ2n) is 7.02. The zero-order valence-electron chi connectivity index (χ0n) is 15.8. The second kappa shape index (κ2) is 8.41. The molecule has 27 heavy (non-hydrogen) atoms. The molecule has 3 rings (SSSR count). The molecule has 0 atom stereocenters. The van der Waals surface area contributed by atoms with E-state index in [-0.39, 0.29) is 16.6 Å². The van der Waals surface area contributed by atoms with E-state index < -0.39 is 10.0 Å². The first kappa shape index (κ1) is 19.9. The number of piperazine rings is 1. The minimum Gasteiger partial charge on any atom is -0.495 e. The summed E-state index contributed by atoms with van der Waals surface area (Å²) < 4.78 is 31.7. The zero-order chi connectivity index (χ0) is 19.4. The third-order valence-corrected chi connectivity index (χ3v) is 6.50. The summed E-state index contributed by atoms with van der Waals surface area (Å²) >= 11 is 0. The van der Waals surface area contributed by atoms with Gasteiger partial charge in [0.15, 0.2) is 0 Å². The zero-order valence-corrected chi connectivity index (χ0v) is 16.7. The standard InChI is InChI=1S/C19H27N3O4S/c1-20-27(24,25)18-13-15(5-7-17(18)26-2)6-8-19(23)22-11-9-21(10-12-22)14-16-3-4-16/h5-8,13,16,20H,3-4,9-12,14H2,1-2H3/b8-6+. The topological polar surface area (TPSA) is 79.0 Å². The predicted octanol–water partition coefficient (Wildman–Crippen LogP) is 1.17. The fourth-order valence-electron chi connectivity index (χ4n) is 3.21. The van der Waals surface area contributed by atoms with E-state index in [9.17, 15) is 13.2 Å². The number of hydrogen-bond acceptors (Lipinski definition) is 5. The Morgan fingerprint density at radius 1 is 1.26 bits per heavy atom. The van der Waals surface area contributed by atoms with Crippen LogP contribution in [0.15, 0.2) is 29.2 Å². The van der Waals surface area contributed by atoms with Gasteiger partial charge in [0.25, 0.3) is 0 Å². The Hall–Kier alpha value is -1.90. The van der Waals surface area contributed by atoms with Crippen LogP contribution in [0.5, 0.6) is 5.75 Å². The third-order valence-electron chi connectivity index (χ3n) is 5.06. The van der Waals surface area contributed by atoms with Gasteiger partial charge >= 0.3 is 0 Å². The number of carbonyl (C=O) groups excluding carboxylic acids is 1. The van der Waals surface area contributed by atoms with Crippen LogP contribution in [-0.2, 0) is 14.8 Å². The Kier molecular flexibility index (Phi) is 6.18. The van der Waals surface area contributed by atoms with Crippen LogP contribution in [0.1, 0.15) is 18.4 Å². The summed E-state index contributed by atoms with van der Waals surface area (Å²) in [5.41, 5.74) is 0.630. The molecule has 1 amide bonds. The summed E-state index contributed by atoms with van der Waals surface area (Å²) in [4.78, 5) is 16.8.